The van der Waals surface area contributed by atoms with Crippen molar-refractivity contribution in [1.29, 1.82) is 0 Å². The van der Waals surface area contributed by atoms with Gasteiger partial charge in [0.1, 0.15) is 0 Å². The van der Waals surface area contributed by atoms with E-state index in [1.165, 1.54) is 12.0 Å². The molecule has 0 aromatic heterocycles. The molecule has 2 fully saturated rings. The predicted molar refractivity (Wildman–Crippen MR) is 74.2 cm³/mol. The molecular weight excluding hydrogens is 222 g/mol. The van der Waals surface area contributed by atoms with E-state index in [1.54, 1.807) is 0 Å². The maximum absolute atomic E-state index is 10.9. The molecule has 1 saturated carbocycles. The van der Waals surface area contributed by atoms with E-state index in [0.717, 1.165) is 25.8 Å². The molecule has 3 atom stereocenters. The van der Waals surface area contributed by atoms with Crippen LogP contribution in [0.25, 0.3) is 6.08 Å². The van der Waals surface area contributed by atoms with Gasteiger partial charge in [0.05, 0.1) is 5.60 Å². The zero-order valence-electron chi connectivity index (χ0n) is 10.7. The zero-order valence-corrected chi connectivity index (χ0v) is 10.7. The van der Waals surface area contributed by atoms with Gasteiger partial charge < -0.3 is 10.4 Å². The summed E-state index contributed by atoms with van der Waals surface area (Å²) < 4.78 is 0. The first-order chi connectivity index (χ1) is 8.78. The molecule has 0 spiro atoms. The summed E-state index contributed by atoms with van der Waals surface area (Å²) in [6.07, 6.45) is 8.43. The van der Waals surface area contributed by atoms with E-state index in [9.17, 15) is 5.11 Å². The molecule has 3 unspecified atom stereocenters. The zero-order chi connectivity index (χ0) is 12.4. The third-order valence-corrected chi connectivity index (χ3v) is 4.45. The van der Waals surface area contributed by atoms with Crippen LogP contribution >= 0.6 is 0 Å². The first kappa shape index (κ1) is 11.9. The molecule has 0 bridgehead atoms. The summed E-state index contributed by atoms with van der Waals surface area (Å²) in [4.78, 5) is 0. The second kappa shape index (κ2) is 4.87. The fourth-order valence-corrected chi connectivity index (χ4v) is 3.47. The Morgan fingerprint density at radius 2 is 2.06 bits per heavy atom. The van der Waals surface area contributed by atoms with Gasteiger partial charge in [0, 0.05) is 12.0 Å². The van der Waals surface area contributed by atoms with E-state index in [2.05, 4.69) is 23.5 Å². The Morgan fingerprint density at radius 1 is 1.22 bits per heavy atom. The van der Waals surface area contributed by atoms with E-state index in [4.69, 9.17) is 0 Å². The molecule has 18 heavy (non-hydrogen) atoms. The highest BCUT2D eigenvalue weighted by Crippen LogP contribution is 2.40. The lowest BCUT2D eigenvalue weighted by molar-refractivity contribution is -0.00718. The predicted octanol–water partition coefficient (Wildman–Crippen LogP) is 2.59. The van der Waals surface area contributed by atoms with Gasteiger partial charge >= 0.3 is 0 Å². The summed E-state index contributed by atoms with van der Waals surface area (Å²) in [7, 11) is 0. The van der Waals surface area contributed by atoms with Gasteiger partial charge in [0.15, 0.2) is 0 Å². The molecule has 3 rings (SSSR count). The number of aliphatic hydroxyl groups is 1. The van der Waals surface area contributed by atoms with Crippen LogP contribution in [-0.2, 0) is 0 Å². The smallest absolute Gasteiger partial charge is 0.0874 e. The van der Waals surface area contributed by atoms with Crippen molar-refractivity contribution in [1.82, 2.24) is 5.32 Å². The summed E-state index contributed by atoms with van der Waals surface area (Å²) in [6, 6.07) is 10.8. The molecule has 1 aromatic rings. The summed E-state index contributed by atoms with van der Waals surface area (Å²) in [5, 5.41) is 14.4. The van der Waals surface area contributed by atoms with Crippen LogP contribution in [0.3, 0.4) is 0 Å². The Labute approximate surface area is 109 Å². The van der Waals surface area contributed by atoms with Crippen molar-refractivity contribution in [2.75, 3.05) is 6.54 Å². The number of rotatable bonds is 2. The Bertz CT molecular complexity index is 428. The van der Waals surface area contributed by atoms with Crippen LogP contribution < -0.4 is 5.32 Å². The minimum absolute atomic E-state index is 0.395. The third-order valence-electron chi connectivity index (χ3n) is 4.45. The first-order valence-electron chi connectivity index (χ1n) is 6.98. The van der Waals surface area contributed by atoms with E-state index >= 15 is 0 Å². The van der Waals surface area contributed by atoms with Crippen LogP contribution in [-0.4, -0.2) is 23.3 Å². The number of hydrogen-bond donors (Lipinski definition) is 2. The van der Waals surface area contributed by atoms with Crippen molar-refractivity contribution < 1.29 is 5.11 Å². The standard InChI is InChI=1S/C16H21NO/c18-16(11-8-13-5-2-1-3-6-13)10-4-7-15-14(16)9-12-17-15/h1-3,5-6,8,11,14-15,17-18H,4,7,9-10,12H2. The minimum Gasteiger partial charge on any atom is -0.385 e. The summed E-state index contributed by atoms with van der Waals surface area (Å²) >= 11 is 0. The van der Waals surface area contributed by atoms with Gasteiger partial charge in [-0.25, -0.2) is 0 Å². The highest BCUT2D eigenvalue weighted by molar-refractivity contribution is 5.50. The monoisotopic (exact) mass is 243 g/mol. The van der Waals surface area contributed by atoms with Gasteiger partial charge in [-0.15, -0.1) is 0 Å². The lowest BCUT2D eigenvalue weighted by Gasteiger charge is -2.39. The molecule has 0 amide bonds. The van der Waals surface area contributed by atoms with Gasteiger partial charge in [-0.2, -0.15) is 0 Å². The maximum Gasteiger partial charge on any atom is 0.0874 e. The molecule has 1 saturated heterocycles. The molecule has 1 aromatic carbocycles. The third kappa shape index (κ3) is 2.23. The van der Waals surface area contributed by atoms with Crippen LogP contribution in [0.1, 0.15) is 31.2 Å². The van der Waals surface area contributed by atoms with Crippen LogP contribution in [0.2, 0.25) is 0 Å². The Balaban J connectivity index is 1.79. The average molecular weight is 243 g/mol. The van der Waals surface area contributed by atoms with Crippen LogP contribution in [0.15, 0.2) is 36.4 Å². The molecule has 2 aliphatic rings. The van der Waals surface area contributed by atoms with Crippen LogP contribution in [0, 0.1) is 5.92 Å². The van der Waals surface area contributed by atoms with Crippen molar-refractivity contribution in [2.45, 2.75) is 37.3 Å². The van der Waals surface area contributed by atoms with E-state index in [0.29, 0.717) is 12.0 Å². The Hall–Kier alpha value is -1.12. The maximum atomic E-state index is 10.9. The normalized spacial score (nSPS) is 35.8. The molecule has 2 N–H and O–H groups in total. The Morgan fingerprint density at radius 3 is 2.89 bits per heavy atom. The molecule has 1 heterocycles. The summed E-state index contributed by atoms with van der Waals surface area (Å²) in [6.45, 7) is 1.05. The first-order valence-corrected chi connectivity index (χ1v) is 6.98. The largest absolute Gasteiger partial charge is 0.385 e. The van der Waals surface area contributed by atoms with Crippen molar-refractivity contribution in [3.05, 3.63) is 42.0 Å². The van der Waals surface area contributed by atoms with Crippen molar-refractivity contribution >= 4 is 6.08 Å². The highest BCUT2D eigenvalue weighted by atomic mass is 16.3. The molecule has 2 heteroatoms. The van der Waals surface area contributed by atoms with Gasteiger partial charge in [-0.3, -0.25) is 0 Å². The number of benzene rings is 1. The van der Waals surface area contributed by atoms with Crippen molar-refractivity contribution in [3.8, 4) is 0 Å². The minimum atomic E-state index is -0.609. The molecule has 2 nitrogen and oxygen atoms in total. The van der Waals surface area contributed by atoms with Crippen LogP contribution in [0.5, 0.6) is 0 Å². The summed E-state index contributed by atoms with van der Waals surface area (Å²) in [5.74, 6) is 0.395. The second-order valence-corrected chi connectivity index (χ2v) is 5.58. The van der Waals surface area contributed by atoms with Gasteiger partial charge in [-0.1, -0.05) is 42.5 Å². The van der Waals surface area contributed by atoms with E-state index in [1.807, 2.05) is 24.3 Å². The van der Waals surface area contributed by atoms with Gasteiger partial charge in [0.2, 0.25) is 0 Å². The van der Waals surface area contributed by atoms with E-state index < -0.39 is 5.60 Å². The lowest BCUT2D eigenvalue weighted by atomic mass is 9.72. The molecular formula is C16H21NO. The molecule has 0 radical (unpaired) electrons. The quantitative estimate of drug-likeness (QED) is 0.837. The van der Waals surface area contributed by atoms with Gasteiger partial charge in [-0.05, 0) is 37.8 Å². The van der Waals surface area contributed by atoms with Crippen LogP contribution in [0.4, 0.5) is 0 Å². The highest BCUT2D eigenvalue weighted by Gasteiger charge is 2.44. The van der Waals surface area contributed by atoms with Crippen molar-refractivity contribution in [3.63, 3.8) is 0 Å². The summed E-state index contributed by atoms with van der Waals surface area (Å²) in [5.41, 5.74) is 0.557. The molecule has 96 valence electrons. The van der Waals surface area contributed by atoms with E-state index in [-0.39, 0.29) is 0 Å². The van der Waals surface area contributed by atoms with Gasteiger partial charge in [0.25, 0.3) is 0 Å². The number of nitrogens with one attached hydrogen (secondary N) is 1. The SMILES string of the molecule is OC1(C=Cc2ccccc2)CCCC2NCCC21. The fourth-order valence-electron chi connectivity index (χ4n) is 3.47. The average Bonchev–Trinajstić information content (AvgIpc) is 2.88. The number of fused-ring (bicyclic) bond motifs is 1. The fraction of sp³-hybridized carbons (Fsp3) is 0.500. The lowest BCUT2D eigenvalue weighted by Crippen LogP contribution is -2.46. The van der Waals surface area contributed by atoms with Crippen molar-refractivity contribution in [2.24, 2.45) is 5.92 Å². The molecule has 1 aliphatic carbocycles. The Kier molecular flexibility index (Phi) is 3.23. The number of hydrogen-bond acceptors (Lipinski definition) is 2. The molecule has 1 aliphatic heterocycles. The second-order valence-electron chi connectivity index (χ2n) is 5.58. The topological polar surface area (TPSA) is 32.3 Å².